The van der Waals surface area contributed by atoms with E-state index in [2.05, 4.69) is 15.2 Å². The molecule has 1 N–H and O–H groups in total. The Kier molecular flexibility index (Phi) is 3.27. The van der Waals surface area contributed by atoms with Crippen molar-refractivity contribution in [1.82, 2.24) is 15.2 Å². The van der Waals surface area contributed by atoms with E-state index in [1.54, 1.807) is 0 Å². The van der Waals surface area contributed by atoms with Crippen molar-refractivity contribution in [3.63, 3.8) is 0 Å². The van der Waals surface area contributed by atoms with Crippen LogP contribution in [0, 0.1) is 0 Å². The summed E-state index contributed by atoms with van der Waals surface area (Å²) in [5, 5.41) is 17.7. The zero-order valence-electron chi connectivity index (χ0n) is 11.7. The summed E-state index contributed by atoms with van der Waals surface area (Å²) in [5.41, 5.74) is 1.26. The van der Waals surface area contributed by atoms with Crippen LogP contribution in [0.3, 0.4) is 0 Å². The Morgan fingerprint density at radius 1 is 1.30 bits per heavy atom. The molecule has 0 aliphatic carbocycles. The fraction of sp³-hybridized carbons (Fsp3) is 0.500. The number of hydrogen-bond acceptors (Lipinski definition) is 6. The minimum atomic E-state index is -0.347. The van der Waals surface area contributed by atoms with Gasteiger partial charge < -0.3 is 14.7 Å². The van der Waals surface area contributed by atoms with Crippen LogP contribution in [0.1, 0.15) is 13.8 Å². The Labute approximate surface area is 117 Å². The number of nitrogens with zero attached hydrogens (tertiary/aromatic N) is 4. The van der Waals surface area contributed by atoms with Gasteiger partial charge in [0.15, 0.2) is 0 Å². The summed E-state index contributed by atoms with van der Waals surface area (Å²) in [6, 6.07) is 7.65. The van der Waals surface area contributed by atoms with Gasteiger partial charge in [-0.3, -0.25) is 0 Å². The highest BCUT2D eigenvalue weighted by Crippen LogP contribution is 2.24. The van der Waals surface area contributed by atoms with Crippen LogP contribution in [0.15, 0.2) is 24.3 Å². The maximum atomic E-state index is 9.35. The van der Waals surface area contributed by atoms with E-state index in [9.17, 15) is 5.11 Å². The summed E-state index contributed by atoms with van der Waals surface area (Å²) >= 11 is 0. The normalized spacial score (nSPS) is 22.1. The number of para-hydroxylation sites is 1. The number of hydrogen-bond donors (Lipinski definition) is 1. The van der Waals surface area contributed by atoms with E-state index in [1.165, 1.54) is 0 Å². The Bertz CT molecular complexity index is 617. The highest BCUT2D eigenvalue weighted by molar-refractivity contribution is 5.74. The zero-order valence-corrected chi connectivity index (χ0v) is 11.7. The van der Waals surface area contributed by atoms with Crippen LogP contribution in [-0.2, 0) is 4.74 Å². The molecule has 0 saturated carbocycles. The standard InChI is InChI=1S/C14H18N4O2/c1-14(2)9-18(7-10(8-19)20-14)13-15-11-5-3-4-6-12(11)16-17-13/h3-6,10,19H,7-9H2,1-2H3. The molecule has 1 aliphatic rings. The first-order chi connectivity index (χ1) is 9.57. The molecule has 0 amide bonds. The summed E-state index contributed by atoms with van der Waals surface area (Å²) in [6.07, 6.45) is -0.228. The van der Waals surface area contributed by atoms with Crippen LogP contribution in [0.5, 0.6) is 0 Å². The van der Waals surface area contributed by atoms with Gasteiger partial charge in [0, 0.05) is 13.1 Å². The lowest BCUT2D eigenvalue weighted by Crippen LogP contribution is -2.54. The van der Waals surface area contributed by atoms with E-state index >= 15 is 0 Å². The van der Waals surface area contributed by atoms with Crippen LogP contribution in [-0.4, -0.2) is 51.7 Å². The Morgan fingerprint density at radius 3 is 2.80 bits per heavy atom. The first-order valence-electron chi connectivity index (χ1n) is 6.70. The largest absolute Gasteiger partial charge is 0.394 e. The number of aromatic nitrogens is 3. The fourth-order valence-corrected chi connectivity index (χ4v) is 2.55. The molecule has 3 rings (SSSR count). The predicted molar refractivity (Wildman–Crippen MR) is 75.6 cm³/mol. The van der Waals surface area contributed by atoms with Crippen LogP contribution < -0.4 is 4.90 Å². The number of rotatable bonds is 2. The number of benzene rings is 1. The summed E-state index contributed by atoms with van der Waals surface area (Å²) in [4.78, 5) is 6.57. The lowest BCUT2D eigenvalue weighted by atomic mass is 10.1. The van der Waals surface area contributed by atoms with E-state index in [0.29, 0.717) is 19.0 Å². The predicted octanol–water partition coefficient (Wildman–Crippen LogP) is 1.00. The topological polar surface area (TPSA) is 71.4 Å². The fourth-order valence-electron chi connectivity index (χ4n) is 2.55. The monoisotopic (exact) mass is 274 g/mol. The van der Waals surface area contributed by atoms with E-state index in [1.807, 2.05) is 43.0 Å². The molecule has 1 aromatic carbocycles. The van der Waals surface area contributed by atoms with Crippen molar-refractivity contribution in [3.05, 3.63) is 24.3 Å². The van der Waals surface area contributed by atoms with E-state index < -0.39 is 0 Å². The highest BCUT2D eigenvalue weighted by atomic mass is 16.5. The van der Waals surface area contributed by atoms with Gasteiger partial charge in [-0.15, -0.1) is 10.2 Å². The Morgan fingerprint density at radius 2 is 2.05 bits per heavy atom. The average molecular weight is 274 g/mol. The summed E-state index contributed by atoms with van der Waals surface area (Å²) in [7, 11) is 0. The zero-order chi connectivity index (χ0) is 14.2. The molecule has 1 saturated heterocycles. The number of fused-ring (bicyclic) bond motifs is 1. The molecule has 6 heteroatoms. The van der Waals surface area contributed by atoms with Crippen LogP contribution in [0.25, 0.3) is 11.0 Å². The van der Waals surface area contributed by atoms with Gasteiger partial charge >= 0.3 is 0 Å². The molecule has 1 aromatic heterocycles. The summed E-state index contributed by atoms with van der Waals surface area (Å²) < 4.78 is 5.79. The van der Waals surface area contributed by atoms with E-state index in [4.69, 9.17) is 4.74 Å². The summed E-state index contributed by atoms with van der Waals surface area (Å²) in [6.45, 7) is 5.22. The average Bonchev–Trinajstić information content (AvgIpc) is 2.45. The van der Waals surface area contributed by atoms with Crippen LogP contribution >= 0.6 is 0 Å². The maximum Gasteiger partial charge on any atom is 0.246 e. The molecule has 1 aliphatic heterocycles. The van der Waals surface area contributed by atoms with Gasteiger partial charge in [-0.1, -0.05) is 12.1 Å². The van der Waals surface area contributed by atoms with Gasteiger partial charge in [-0.25, -0.2) is 4.98 Å². The smallest absolute Gasteiger partial charge is 0.246 e. The van der Waals surface area contributed by atoms with Gasteiger partial charge in [0.2, 0.25) is 5.95 Å². The van der Waals surface area contributed by atoms with Gasteiger partial charge in [-0.2, -0.15) is 0 Å². The highest BCUT2D eigenvalue weighted by Gasteiger charge is 2.34. The molecule has 20 heavy (non-hydrogen) atoms. The Balaban J connectivity index is 1.93. The molecule has 106 valence electrons. The van der Waals surface area contributed by atoms with Crippen molar-refractivity contribution in [3.8, 4) is 0 Å². The maximum absolute atomic E-state index is 9.35. The number of anilines is 1. The van der Waals surface area contributed by atoms with Crippen LogP contribution in [0.2, 0.25) is 0 Å². The molecule has 2 heterocycles. The molecule has 1 atom stereocenters. The van der Waals surface area contributed by atoms with Crippen molar-refractivity contribution in [2.24, 2.45) is 0 Å². The second-order valence-corrected chi connectivity index (χ2v) is 5.66. The third-order valence-electron chi connectivity index (χ3n) is 3.32. The SMILES string of the molecule is CC1(C)CN(c2nnc3ccccc3n2)CC(CO)O1. The third kappa shape index (κ3) is 2.57. The van der Waals surface area contributed by atoms with Crippen molar-refractivity contribution in [1.29, 1.82) is 0 Å². The van der Waals surface area contributed by atoms with Crippen molar-refractivity contribution < 1.29 is 9.84 Å². The van der Waals surface area contributed by atoms with Crippen molar-refractivity contribution in [2.75, 3.05) is 24.6 Å². The minimum Gasteiger partial charge on any atom is -0.394 e. The summed E-state index contributed by atoms with van der Waals surface area (Å²) in [5.74, 6) is 0.582. The van der Waals surface area contributed by atoms with Gasteiger partial charge in [0.05, 0.1) is 23.8 Å². The third-order valence-corrected chi connectivity index (χ3v) is 3.32. The van der Waals surface area contributed by atoms with E-state index in [-0.39, 0.29) is 18.3 Å². The number of aliphatic hydroxyl groups excluding tert-OH is 1. The molecule has 0 radical (unpaired) electrons. The van der Waals surface area contributed by atoms with Gasteiger partial charge in [-0.05, 0) is 26.0 Å². The number of ether oxygens (including phenoxy) is 1. The van der Waals surface area contributed by atoms with Crippen molar-refractivity contribution >= 4 is 17.0 Å². The molecule has 0 bridgehead atoms. The molecule has 1 unspecified atom stereocenters. The number of morpholine rings is 1. The first kappa shape index (κ1) is 13.2. The van der Waals surface area contributed by atoms with E-state index in [0.717, 1.165) is 11.0 Å². The quantitative estimate of drug-likeness (QED) is 0.881. The molecule has 0 spiro atoms. The van der Waals surface area contributed by atoms with Gasteiger partial charge in [0.25, 0.3) is 0 Å². The molecule has 1 fully saturated rings. The lowest BCUT2D eigenvalue weighted by Gasteiger charge is -2.42. The molecular formula is C14H18N4O2. The van der Waals surface area contributed by atoms with Crippen molar-refractivity contribution in [2.45, 2.75) is 25.6 Å². The second kappa shape index (κ2) is 4.96. The molecule has 2 aromatic rings. The van der Waals surface area contributed by atoms with Gasteiger partial charge in [0.1, 0.15) is 5.52 Å². The number of aliphatic hydroxyl groups is 1. The lowest BCUT2D eigenvalue weighted by molar-refractivity contribution is -0.101. The Hall–Kier alpha value is -1.79. The minimum absolute atomic E-state index is 0.0130. The molecular weight excluding hydrogens is 256 g/mol. The molecule has 6 nitrogen and oxygen atoms in total. The first-order valence-corrected chi connectivity index (χ1v) is 6.70. The second-order valence-electron chi connectivity index (χ2n) is 5.66. The van der Waals surface area contributed by atoms with Crippen LogP contribution in [0.4, 0.5) is 5.95 Å².